The van der Waals surface area contributed by atoms with E-state index in [2.05, 4.69) is 26.6 Å². The second-order valence-electron chi connectivity index (χ2n) is 16.4. The van der Waals surface area contributed by atoms with E-state index < -0.39 is 152 Å². The van der Waals surface area contributed by atoms with Crippen LogP contribution < -0.4 is 31.9 Å². The summed E-state index contributed by atoms with van der Waals surface area (Å²) in [5.74, 6) is -20.5. The van der Waals surface area contributed by atoms with Gasteiger partial charge in [-0.25, -0.2) is 0 Å². The molecule has 0 radical (unpaired) electrons. The van der Waals surface area contributed by atoms with Crippen LogP contribution in [0, 0.1) is 17.8 Å². The number of carboxylic acids is 3. The van der Waals surface area contributed by atoms with Crippen molar-refractivity contribution in [2.75, 3.05) is 0 Å². The van der Waals surface area contributed by atoms with Crippen molar-refractivity contribution in [2.45, 2.75) is 173 Å². The summed E-state index contributed by atoms with van der Waals surface area (Å²) in [5, 5.41) is 41.1. The van der Waals surface area contributed by atoms with Crippen LogP contribution in [0.15, 0.2) is 0 Å². The summed E-state index contributed by atoms with van der Waals surface area (Å²) in [7, 11) is 0. The third kappa shape index (κ3) is 19.1. The molecule has 24 heteroatoms. The van der Waals surface area contributed by atoms with Crippen molar-refractivity contribution in [3.63, 3.8) is 0 Å². The first-order chi connectivity index (χ1) is 29.6. The Balaban J connectivity index is 3.46. The summed E-state index contributed by atoms with van der Waals surface area (Å²) in [6.07, 6.45) is -6.93. The van der Waals surface area contributed by atoms with E-state index in [9.17, 15) is 80.1 Å². The minimum absolute atomic E-state index is 0.0894. The topological polar surface area (TPSA) is 304 Å². The lowest BCUT2D eigenvalue weighted by Gasteiger charge is -2.32. The molecular weight excluding hydrogens is 867 g/mol. The lowest BCUT2D eigenvalue weighted by Crippen LogP contribution is -2.61. The Morgan fingerprint density at radius 3 is 1.56 bits per heavy atom. The number of alkyl halides is 5. The largest absolute Gasteiger partial charge is 0.481 e. The Morgan fingerprint density at radius 2 is 1.06 bits per heavy atom. The highest BCUT2D eigenvalue weighted by molar-refractivity contribution is 5.99. The Kier molecular flexibility index (Phi) is 23.3. The molecule has 0 spiro atoms. The van der Waals surface area contributed by atoms with Gasteiger partial charge in [-0.2, -0.15) is 22.0 Å². The number of ketones is 1. The van der Waals surface area contributed by atoms with Gasteiger partial charge in [0.15, 0.2) is 0 Å². The molecule has 0 aromatic heterocycles. The molecular formula is C40H61F5N6O13. The zero-order valence-electron chi connectivity index (χ0n) is 36.4. The van der Waals surface area contributed by atoms with Gasteiger partial charge in [-0.05, 0) is 43.4 Å². The maximum Gasteiger partial charge on any atom is 0.461 e. The van der Waals surface area contributed by atoms with Crippen LogP contribution >= 0.6 is 0 Å². The zero-order valence-corrected chi connectivity index (χ0v) is 36.4. The first kappa shape index (κ1) is 56.6. The van der Waals surface area contributed by atoms with Crippen molar-refractivity contribution >= 4 is 59.1 Å². The van der Waals surface area contributed by atoms with Gasteiger partial charge in [0, 0.05) is 12.8 Å². The summed E-state index contributed by atoms with van der Waals surface area (Å²) in [4.78, 5) is 127. The molecule has 1 aliphatic carbocycles. The van der Waals surface area contributed by atoms with Crippen molar-refractivity contribution in [3.05, 3.63) is 0 Å². The molecule has 0 heterocycles. The first-order valence-corrected chi connectivity index (χ1v) is 21.1. The molecule has 1 fully saturated rings. The van der Waals surface area contributed by atoms with Gasteiger partial charge in [0.05, 0.1) is 18.9 Å². The second kappa shape index (κ2) is 26.4. The van der Waals surface area contributed by atoms with E-state index in [0.29, 0.717) is 12.8 Å². The molecule has 0 aromatic rings. The smallest absolute Gasteiger partial charge is 0.461 e. The van der Waals surface area contributed by atoms with Gasteiger partial charge in [-0.1, -0.05) is 73.1 Å². The molecule has 364 valence electrons. The Morgan fingerprint density at radius 1 is 0.562 bits per heavy atom. The average molecular weight is 929 g/mol. The number of carboxylic acid groups (broad SMARTS) is 3. The molecule has 0 aromatic carbocycles. The number of hydrogen-bond donors (Lipinski definition) is 9. The van der Waals surface area contributed by atoms with Crippen LogP contribution in [0.4, 0.5) is 22.0 Å². The summed E-state index contributed by atoms with van der Waals surface area (Å²) in [5.41, 5.74) is 0. The molecule has 0 saturated heterocycles. The quantitative estimate of drug-likeness (QED) is 0.0510. The number of rotatable bonds is 28. The lowest BCUT2D eigenvalue weighted by atomic mass is 9.84. The van der Waals surface area contributed by atoms with E-state index in [-0.39, 0.29) is 31.1 Å². The molecule has 19 nitrogen and oxygen atoms in total. The monoisotopic (exact) mass is 928 g/mol. The summed E-state index contributed by atoms with van der Waals surface area (Å²) >= 11 is 0. The van der Waals surface area contributed by atoms with Gasteiger partial charge in [0.1, 0.15) is 30.2 Å². The fourth-order valence-electron chi connectivity index (χ4n) is 6.84. The highest BCUT2D eigenvalue weighted by Crippen LogP contribution is 2.37. The highest BCUT2D eigenvalue weighted by Gasteiger charge is 2.64. The molecule has 1 saturated carbocycles. The van der Waals surface area contributed by atoms with Gasteiger partial charge in [-0.3, -0.25) is 47.9 Å². The standard InChI is InChI=1S/C40H61F5N6O13/c1-6-21(5)32(38(64)50-26(18-22-11-9-8-10-12-22)35(61)47-23(7-2)33(59)39(41,42)40(43,44)45)51-37(63)25(17-20(3)4)49-34(60)24(13-15-29(53)54)48-36(62)27(19-31(57)58)46-28(52)14-16-30(55)56/h20-27,32H,6-19H2,1-5H3,(H,46,52)(H,47,61)(H,48,62)(H,49,60)(H,50,64)(H,51,63)(H,53,54)(H,55,56)(H,57,58)/t21-,23?,24-,25-,26-,27-,32-/m0/s1. The van der Waals surface area contributed by atoms with Crippen molar-refractivity contribution in [2.24, 2.45) is 17.8 Å². The number of hydrogen-bond acceptors (Lipinski definition) is 10. The van der Waals surface area contributed by atoms with Gasteiger partial charge in [-0.15, -0.1) is 0 Å². The number of aliphatic carboxylic acids is 3. The van der Waals surface area contributed by atoms with Gasteiger partial charge in [0.25, 0.3) is 0 Å². The van der Waals surface area contributed by atoms with E-state index >= 15 is 0 Å². The summed E-state index contributed by atoms with van der Waals surface area (Å²) in [6.45, 7) is 7.62. The van der Waals surface area contributed by atoms with E-state index in [1.807, 2.05) is 5.32 Å². The van der Waals surface area contributed by atoms with Crippen LogP contribution in [0.5, 0.6) is 0 Å². The molecule has 0 bridgehead atoms. The van der Waals surface area contributed by atoms with Crippen molar-refractivity contribution in [1.82, 2.24) is 31.9 Å². The number of amides is 6. The van der Waals surface area contributed by atoms with E-state index in [1.165, 1.54) is 0 Å². The summed E-state index contributed by atoms with van der Waals surface area (Å²) in [6, 6.07) is -10.4. The van der Waals surface area contributed by atoms with E-state index in [4.69, 9.17) is 5.11 Å². The van der Waals surface area contributed by atoms with Crippen LogP contribution in [0.1, 0.15) is 125 Å². The van der Waals surface area contributed by atoms with Gasteiger partial charge in [0.2, 0.25) is 41.2 Å². The van der Waals surface area contributed by atoms with Crippen LogP contribution in [0.3, 0.4) is 0 Å². The fraction of sp³-hybridized carbons (Fsp3) is 0.750. The lowest BCUT2D eigenvalue weighted by molar-refractivity contribution is -0.269. The van der Waals surface area contributed by atoms with Crippen molar-refractivity contribution < 1.29 is 85.2 Å². The third-order valence-corrected chi connectivity index (χ3v) is 10.6. The molecule has 1 rings (SSSR count). The molecule has 0 aliphatic heterocycles. The van der Waals surface area contributed by atoms with E-state index in [1.54, 1.807) is 27.7 Å². The molecule has 1 unspecified atom stereocenters. The van der Waals surface area contributed by atoms with Crippen LogP contribution in [-0.4, -0.2) is 123 Å². The Bertz CT molecular complexity index is 1680. The second-order valence-corrected chi connectivity index (χ2v) is 16.4. The first-order valence-electron chi connectivity index (χ1n) is 21.1. The predicted molar refractivity (Wildman–Crippen MR) is 214 cm³/mol. The van der Waals surface area contributed by atoms with Crippen molar-refractivity contribution in [1.29, 1.82) is 0 Å². The predicted octanol–water partition coefficient (Wildman–Crippen LogP) is 2.34. The minimum atomic E-state index is -6.24. The number of carbonyl (C=O) groups is 10. The molecule has 9 N–H and O–H groups in total. The number of carbonyl (C=O) groups excluding carboxylic acids is 7. The maximum absolute atomic E-state index is 14.1. The van der Waals surface area contributed by atoms with Crippen LogP contribution in [-0.2, 0) is 47.9 Å². The SMILES string of the molecule is CCC(NC(=O)[C@H](CC1CCCCC1)NC(=O)[C@@H](NC(=O)[C@H](CC(C)C)NC(=O)[C@H](CCC(=O)O)NC(=O)[C@H](CC(=O)O)NC(=O)CCC(=O)O)[C@@H](C)CC)C(=O)C(F)(F)C(F)(F)F. The fourth-order valence-corrected chi connectivity index (χ4v) is 6.84. The van der Waals surface area contributed by atoms with Crippen LogP contribution in [0.25, 0.3) is 0 Å². The number of Topliss-reactive ketones (excluding diaryl/α,β-unsaturated/α-hetero) is 1. The minimum Gasteiger partial charge on any atom is -0.481 e. The zero-order chi connectivity index (χ0) is 49.1. The maximum atomic E-state index is 14.1. The highest BCUT2D eigenvalue weighted by atomic mass is 19.4. The average Bonchev–Trinajstić information content (AvgIpc) is 3.20. The van der Waals surface area contributed by atoms with Crippen LogP contribution in [0.2, 0.25) is 0 Å². The Hall–Kier alpha value is -5.45. The molecule has 64 heavy (non-hydrogen) atoms. The number of halogens is 5. The Labute approximate surface area is 366 Å². The molecule has 6 amide bonds. The molecule has 1 aliphatic rings. The number of nitrogens with one attached hydrogen (secondary N) is 6. The summed E-state index contributed by atoms with van der Waals surface area (Å²) < 4.78 is 67.3. The van der Waals surface area contributed by atoms with E-state index in [0.717, 1.165) is 26.2 Å². The van der Waals surface area contributed by atoms with Crippen molar-refractivity contribution in [3.8, 4) is 0 Å². The van der Waals surface area contributed by atoms with Gasteiger partial charge >= 0.3 is 30.0 Å². The van der Waals surface area contributed by atoms with Gasteiger partial charge < -0.3 is 47.2 Å². The molecule has 7 atom stereocenters. The third-order valence-electron chi connectivity index (χ3n) is 10.6. The normalized spacial score (nSPS) is 16.7.